The topological polar surface area (TPSA) is 52.4 Å². The largest absolute Gasteiger partial charge is 0.496 e. The van der Waals surface area contributed by atoms with Gasteiger partial charge in [-0.1, -0.05) is 12.1 Å². The lowest BCUT2D eigenvalue weighted by molar-refractivity contribution is -0.479. The van der Waals surface area contributed by atoms with Gasteiger partial charge in [-0.05, 0) is 24.1 Å². The highest BCUT2D eigenvalue weighted by Crippen LogP contribution is 2.20. The van der Waals surface area contributed by atoms with Crippen molar-refractivity contribution >= 4 is 0 Å². The van der Waals surface area contributed by atoms with Gasteiger partial charge in [0.15, 0.2) is 0 Å². The van der Waals surface area contributed by atoms with Gasteiger partial charge in [0.25, 0.3) is 0 Å². The summed E-state index contributed by atoms with van der Waals surface area (Å²) in [5.41, 5.74) is 1.96. The second kappa shape index (κ2) is 4.60. The van der Waals surface area contributed by atoms with E-state index in [0.29, 0.717) is 6.42 Å². The van der Waals surface area contributed by atoms with Crippen LogP contribution in [-0.4, -0.2) is 18.6 Å². The number of nitro groups is 1. The number of ether oxygens (including phenoxy) is 1. The summed E-state index contributed by atoms with van der Waals surface area (Å²) >= 11 is 0. The van der Waals surface area contributed by atoms with Crippen molar-refractivity contribution in [1.82, 2.24) is 0 Å². The second-order valence-electron chi connectivity index (χ2n) is 3.05. The number of methoxy groups -OCH3 is 1. The first kappa shape index (κ1) is 10.5. The van der Waals surface area contributed by atoms with Crippen molar-refractivity contribution in [2.45, 2.75) is 13.3 Å². The number of benzene rings is 1. The number of rotatable bonds is 4. The van der Waals surface area contributed by atoms with E-state index in [-0.39, 0.29) is 11.5 Å². The standard InChI is InChI=1S/C10H13NO3/c1-8-9(6-7-11(12)13)4-3-5-10(8)14-2/h3-5H,6-7H2,1-2H3. The number of nitrogens with zero attached hydrogens (tertiary/aromatic N) is 1. The van der Waals surface area contributed by atoms with Gasteiger partial charge in [0, 0.05) is 11.3 Å². The summed E-state index contributed by atoms with van der Waals surface area (Å²) in [4.78, 5) is 9.91. The van der Waals surface area contributed by atoms with Crippen LogP contribution in [0.3, 0.4) is 0 Å². The SMILES string of the molecule is COc1cccc(CC[N+](=O)[O-])c1C. The number of hydrogen-bond donors (Lipinski definition) is 0. The maximum Gasteiger partial charge on any atom is 0.207 e. The van der Waals surface area contributed by atoms with Gasteiger partial charge in [-0.15, -0.1) is 0 Å². The first-order valence-electron chi connectivity index (χ1n) is 4.39. The fourth-order valence-corrected chi connectivity index (χ4v) is 1.36. The highest BCUT2D eigenvalue weighted by atomic mass is 16.6. The molecule has 0 aliphatic carbocycles. The van der Waals surface area contributed by atoms with Crippen molar-refractivity contribution in [3.63, 3.8) is 0 Å². The molecule has 1 rings (SSSR count). The van der Waals surface area contributed by atoms with E-state index in [9.17, 15) is 10.1 Å². The molecule has 4 heteroatoms. The van der Waals surface area contributed by atoms with Gasteiger partial charge >= 0.3 is 0 Å². The van der Waals surface area contributed by atoms with E-state index >= 15 is 0 Å². The molecule has 76 valence electrons. The normalized spacial score (nSPS) is 9.86. The Hall–Kier alpha value is -1.58. The van der Waals surface area contributed by atoms with Crippen LogP contribution in [0.25, 0.3) is 0 Å². The lowest BCUT2D eigenvalue weighted by Gasteiger charge is -2.08. The molecule has 0 saturated heterocycles. The third-order valence-corrected chi connectivity index (χ3v) is 2.18. The van der Waals surface area contributed by atoms with Gasteiger partial charge in [-0.25, -0.2) is 0 Å². The van der Waals surface area contributed by atoms with Crippen molar-refractivity contribution in [1.29, 1.82) is 0 Å². The molecule has 0 atom stereocenters. The van der Waals surface area contributed by atoms with E-state index in [4.69, 9.17) is 4.74 Å². The zero-order chi connectivity index (χ0) is 10.6. The summed E-state index contributed by atoms with van der Waals surface area (Å²) in [7, 11) is 1.60. The highest BCUT2D eigenvalue weighted by Gasteiger charge is 2.06. The summed E-state index contributed by atoms with van der Waals surface area (Å²) in [6, 6.07) is 5.59. The average molecular weight is 195 g/mol. The minimum Gasteiger partial charge on any atom is -0.496 e. The molecule has 0 N–H and O–H groups in total. The molecule has 0 amide bonds. The summed E-state index contributed by atoms with van der Waals surface area (Å²) < 4.78 is 5.12. The molecule has 1 aromatic carbocycles. The predicted octanol–water partition coefficient (Wildman–Crippen LogP) is 1.82. The molecule has 4 nitrogen and oxygen atoms in total. The Labute approximate surface area is 82.7 Å². The zero-order valence-electron chi connectivity index (χ0n) is 8.32. The molecule has 14 heavy (non-hydrogen) atoms. The Bertz CT molecular complexity index is 336. The van der Waals surface area contributed by atoms with Crippen molar-refractivity contribution in [2.75, 3.05) is 13.7 Å². The van der Waals surface area contributed by atoms with E-state index in [1.165, 1.54) is 0 Å². The molecular formula is C10H13NO3. The van der Waals surface area contributed by atoms with Crippen LogP contribution >= 0.6 is 0 Å². The van der Waals surface area contributed by atoms with Crippen LogP contribution in [0.5, 0.6) is 5.75 Å². The minimum atomic E-state index is -0.307. The van der Waals surface area contributed by atoms with Crippen LogP contribution in [-0.2, 0) is 6.42 Å². The van der Waals surface area contributed by atoms with E-state index < -0.39 is 0 Å². The molecule has 0 radical (unpaired) electrons. The molecule has 0 aliphatic rings. The van der Waals surface area contributed by atoms with E-state index in [1.54, 1.807) is 7.11 Å². The van der Waals surface area contributed by atoms with Crippen LogP contribution in [0.2, 0.25) is 0 Å². The smallest absolute Gasteiger partial charge is 0.207 e. The van der Waals surface area contributed by atoms with Gasteiger partial charge in [0.1, 0.15) is 5.75 Å². The lowest BCUT2D eigenvalue weighted by Crippen LogP contribution is -2.05. The third kappa shape index (κ3) is 2.45. The van der Waals surface area contributed by atoms with Crippen LogP contribution in [0.15, 0.2) is 18.2 Å². The summed E-state index contributed by atoms with van der Waals surface area (Å²) in [6.45, 7) is 1.88. The van der Waals surface area contributed by atoms with Crippen molar-refractivity contribution in [2.24, 2.45) is 0 Å². The Morgan fingerprint density at radius 1 is 1.50 bits per heavy atom. The van der Waals surface area contributed by atoms with Gasteiger partial charge < -0.3 is 4.74 Å². The van der Waals surface area contributed by atoms with Crippen molar-refractivity contribution in [3.8, 4) is 5.75 Å². The highest BCUT2D eigenvalue weighted by molar-refractivity contribution is 5.39. The maximum atomic E-state index is 10.2. The van der Waals surface area contributed by atoms with Crippen LogP contribution in [0.4, 0.5) is 0 Å². The lowest BCUT2D eigenvalue weighted by atomic mass is 10.1. The van der Waals surface area contributed by atoms with E-state index in [2.05, 4.69) is 0 Å². The van der Waals surface area contributed by atoms with Crippen molar-refractivity contribution in [3.05, 3.63) is 39.4 Å². The van der Waals surface area contributed by atoms with Gasteiger partial charge in [-0.3, -0.25) is 10.1 Å². The quantitative estimate of drug-likeness (QED) is 0.544. The fraction of sp³-hybridized carbons (Fsp3) is 0.400. The third-order valence-electron chi connectivity index (χ3n) is 2.18. The molecule has 0 aliphatic heterocycles. The Kier molecular flexibility index (Phi) is 3.45. The Morgan fingerprint density at radius 2 is 2.21 bits per heavy atom. The minimum absolute atomic E-state index is 0.0337. The zero-order valence-corrected chi connectivity index (χ0v) is 8.32. The predicted molar refractivity (Wildman–Crippen MR) is 53.3 cm³/mol. The molecule has 0 saturated carbocycles. The van der Waals surface area contributed by atoms with E-state index in [0.717, 1.165) is 16.9 Å². The van der Waals surface area contributed by atoms with Gasteiger partial charge in [0.05, 0.1) is 7.11 Å². The first-order valence-corrected chi connectivity index (χ1v) is 4.39. The molecule has 0 aromatic heterocycles. The van der Waals surface area contributed by atoms with Crippen LogP contribution in [0, 0.1) is 17.0 Å². The summed E-state index contributed by atoms with van der Waals surface area (Å²) in [5.74, 6) is 0.783. The monoisotopic (exact) mass is 195 g/mol. The van der Waals surface area contributed by atoms with Crippen LogP contribution < -0.4 is 4.74 Å². The summed E-state index contributed by atoms with van der Waals surface area (Å²) in [5, 5.41) is 10.2. The molecule has 0 unspecified atom stereocenters. The maximum absolute atomic E-state index is 10.2. The molecule has 0 spiro atoms. The molecular weight excluding hydrogens is 182 g/mol. The Balaban J connectivity index is 2.81. The van der Waals surface area contributed by atoms with Crippen LogP contribution in [0.1, 0.15) is 11.1 Å². The average Bonchev–Trinajstić information content (AvgIpc) is 2.16. The van der Waals surface area contributed by atoms with Gasteiger partial charge in [-0.2, -0.15) is 0 Å². The first-order chi connectivity index (χ1) is 6.65. The van der Waals surface area contributed by atoms with Crippen molar-refractivity contribution < 1.29 is 9.66 Å². The summed E-state index contributed by atoms with van der Waals surface area (Å²) in [6.07, 6.45) is 0.454. The number of hydrogen-bond acceptors (Lipinski definition) is 3. The second-order valence-corrected chi connectivity index (χ2v) is 3.05. The fourth-order valence-electron chi connectivity index (χ4n) is 1.36. The molecule has 0 heterocycles. The Morgan fingerprint density at radius 3 is 2.79 bits per heavy atom. The molecule has 0 fully saturated rings. The van der Waals surface area contributed by atoms with Gasteiger partial charge in [0.2, 0.25) is 6.54 Å². The van der Waals surface area contributed by atoms with E-state index in [1.807, 2.05) is 25.1 Å². The molecule has 1 aromatic rings. The molecule has 0 bridgehead atoms.